The van der Waals surface area contributed by atoms with Gasteiger partial charge in [-0.1, -0.05) is 25.6 Å². The molecule has 2 aromatic heterocycles. The van der Waals surface area contributed by atoms with Crippen LogP contribution in [0.4, 0.5) is 5.82 Å². The van der Waals surface area contributed by atoms with Gasteiger partial charge in [-0.05, 0) is 31.6 Å². The number of aromatic nitrogens is 2. The summed E-state index contributed by atoms with van der Waals surface area (Å²) in [5, 5.41) is 14.9. The van der Waals surface area contributed by atoms with Gasteiger partial charge in [-0.15, -0.1) is 11.3 Å². The molecular formula is C17H25N3O2S2. The van der Waals surface area contributed by atoms with Crippen molar-refractivity contribution in [2.45, 2.75) is 63.4 Å². The number of nitrogens with zero attached hydrogens (tertiary/aromatic N) is 2. The Morgan fingerprint density at radius 1 is 1.42 bits per heavy atom. The van der Waals surface area contributed by atoms with Gasteiger partial charge in [-0.3, -0.25) is 0 Å². The van der Waals surface area contributed by atoms with Gasteiger partial charge in [0.25, 0.3) is 0 Å². The van der Waals surface area contributed by atoms with Crippen LogP contribution in [0.5, 0.6) is 0 Å². The topological polar surface area (TPSA) is 67.3 Å². The smallest absolute Gasteiger partial charge is 0.190 e. The second-order valence-electron chi connectivity index (χ2n) is 6.44. The summed E-state index contributed by atoms with van der Waals surface area (Å²) in [5.41, 5.74) is 1.19. The van der Waals surface area contributed by atoms with E-state index in [0.29, 0.717) is 6.61 Å². The molecule has 0 saturated carbocycles. The number of hydrogen-bond acceptors (Lipinski definition) is 7. The van der Waals surface area contributed by atoms with Crippen LogP contribution < -0.4 is 5.32 Å². The molecule has 24 heavy (non-hydrogen) atoms. The Hall–Kier alpha value is -0.890. The molecule has 2 atom stereocenters. The molecule has 0 spiro atoms. The highest BCUT2D eigenvalue weighted by molar-refractivity contribution is 7.98. The lowest BCUT2D eigenvalue weighted by Crippen LogP contribution is -2.34. The maximum Gasteiger partial charge on any atom is 0.190 e. The fourth-order valence-corrected chi connectivity index (χ4v) is 4.47. The maximum atomic E-state index is 9.57. The van der Waals surface area contributed by atoms with Gasteiger partial charge in [-0.2, -0.15) is 0 Å². The van der Waals surface area contributed by atoms with Gasteiger partial charge in [0.2, 0.25) is 0 Å². The van der Waals surface area contributed by atoms with Gasteiger partial charge < -0.3 is 15.2 Å². The Balaban J connectivity index is 2.13. The zero-order chi connectivity index (χ0) is 17.3. The summed E-state index contributed by atoms with van der Waals surface area (Å²) < 4.78 is 6.09. The Kier molecular flexibility index (Phi) is 5.34. The van der Waals surface area contributed by atoms with Crippen LogP contribution in [0.3, 0.4) is 0 Å². The SMILES string of the molecule is CC[C@@H](CO)Nc1nc(SC)nc2sc3c(c12)C[C@](C)(CC)OC3. The molecule has 0 amide bonds. The van der Waals surface area contributed by atoms with Crippen molar-refractivity contribution in [3.8, 4) is 0 Å². The van der Waals surface area contributed by atoms with Crippen molar-refractivity contribution in [3.63, 3.8) is 0 Å². The van der Waals surface area contributed by atoms with E-state index in [0.717, 1.165) is 40.5 Å². The lowest BCUT2D eigenvalue weighted by atomic mass is 9.90. The number of aliphatic hydroxyl groups excluding tert-OH is 1. The standard InChI is InChI=1S/C17H25N3O2S2/c1-5-10(8-21)18-14-13-11-7-17(3,6-2)22-9-12(11)24-15(13)20-16(19-14)23-4/h10,21H,5-9H2,1-4H3,(H,18,19,20)/t10-,17-/m0/s1. The zero-order valence-corrected chi connectivity index (χ0v) is 16.3. The van der Waals surface area contributed by atoms with Gasteiger partial charge in [0, 0.05) is 11.3 Å². The van der Waals surface area contributed by atoms with Crippen molar-refractivity contribution in [2.75, 3.05) is 18.2 Å². The Morgan fingerprint density at radius 3 is 2.83 bits per heavy atom. The number of hydrogen-bond donors (Lipinski definition) is 2. The van der Waals surface area contributed by atoms with E-state index in [1.165, 1.54) is 10.4 Å². The van der Waals surface area contributed by atoms with Crippen LogP contribution in [0, 0.1) is 0 Å². The van der Waals surface area contributed by atoms with Crippen LogP contribution in [-0.2, 0) is 17.8 Å². The van der Waals surface area contributed by atoms with E-state index < -0.39 is 0 Å². The first-order valence-electron chi connectivity index (χ1n) is 8.41. The molecule has 0 aromatic carbocycles. The van der Waals surface area contributed by atoms with Crippen LogP contribution in [0.2, 0.25) is 0 Å². The van der Waals surface area contributed by atoms with Crippen LogP contribution in [0.15, 0.2) is 5.16 Å². The second-order valence-corrected chi connectivity index (χ2v) is 8.30. The Labute approximate surface area is 151 Å². The highest BCUT2D eigenvalue weighted by atomic mass is 32.2. The van der Waals surface area contributed by atoms with Crippen LogP contribution in [0.1, 0.15) is 44.1 Å². The molecule has 2 N–H and O–H groups in total. The molecule has 5 nitrogen and oxygen atoms in total. The van der Waals surface area contributed by atoms with E-state index in [1.54, 1.807) is 23.1 Å². The summed E-state index contributed by atoms with van der Waals surface area (Å²) in [6, 6.07) is 0.00533. The van der Waals surface area contributed by atoms with Crippen molar-refractivity contribution < 1.29 is 9.84 Å². The molecule has 132 valence electrons. The number of nitrogens with one attached hydrogen (secondary N) is 1. The summed E-state index contributed by atoms with van der Waals surface area (Å²) in [4.78, 5) is 11.7. The molecular weight excluding hydrogens is 342 g/mol. The van der Waals surface area contributed by atoms with Crippen molar-refractivity contribution >= 4 is 39.1 Å². The summed E-state index contributed by atoms with van der Waals surface area (Å²) in [5.74, 6) is 0.850. The summed E-state index contributed by atoms with van der Waals surface area (Å²) in [6.07, 6.45) is 4.69. The summed E-state index contributed by atoms with van der Waals surface area (Å²) in [6.45, 7) is 7.14. The third-order valence-corrected chi connectivity index (χ3v) is 6.45. The third-order valence-electron chi connectivity index (χ3n) is 4.80. The number of ether oxygens (including phenoxy) is 1. The molecule has 3 heterocycles. The molecule has 1 aliphatic rings. The number of rotatable bonds is 6. The van der Waals surface area contributed by atoms with Crippen molar-refractivity contribution in [1.29, 1.82) is 0 Å². The van der Waals surface area contributed by atoms with E-state index in [2.05, 4.69) is 26.1 Å². The lowest BCUT2D eigenvalue weighted by molar-refractivity contribution is -0.0542. The van der Waals surface area contributed by atoms with Gasteiger partial charge in [0.05, 0.1) is 30.2 Å². The van der Waals surface area contributed by atoms with E-state index in [1.807, 2.05) is 6.26 Å². The van der Waals surface area contributed by atoms with E-state index in [4.69, 9.17) is 14.7 Å². The largest absolute Gasteiger partial charge is 0.394 e. The maximum absolute atomic E-state index is 9.57. The van der Waals surface area contributed by atoms with Gasteiger partial charge in [0.1, 0.15) is 10.6 Å². The first-order chi connectivity index (χ1) is 11.5. The van der Waals surface area contributed by atoms with E-state index in [9.17, 15) is 5.11 Å². The quantitative estimate of drug-likeness (QED) is 0.597. The number of thioether (sulfide) groups is 1. The zero-order valence-electron chi connectivity index (χ0n) is 14.7. The van der Waals surface area contributed by atoms with E-state index in [-0.39, 0.29) is 18.2 Å². The second kappa shape index (κ2) is 7.15. The number of aliphatic hydroxyl groups is 1. The molecule has 0 saturated heterocycles. The summed E-state index contributed by atoms with van der Waals surface area (Å²) in [7, 11) is 0. The third kappa shape index (κ3) is 3.27. The molecule has 7 heteroatoms. The first-order valence-corrected chi connectivity index (χ1v) is 10.4. The minimum Gasteiger partial charge on any atom is -0.394 e. The molecule has 0 radical (unpaired) electrons. The first kappa shape index (κ1) is 17.9. The number of thiophene rings is 1. The van der Waals surface area contributed by atoms with Crippen molar-refractivity contribution in [2.24, 2.45) is 0 Å². The Morgan fingerprint density at radius 2 is 2.21 bits per heavy atom. The molecule has 2 aromatic rings. The van der Waals surface area contributed by atoms with Gasteiger partial charge in [-0.25, -0.2) is 9.97 Å². The fourth-order valence-electron chi connectivity index (χ4n) is 2.95. The van der Waals surface area contributed by atoms with Crippen LogP contribution >= 0.6 is 23.1 Å². The molecule has 0 bridgehead atoms. The molecule has 1 aliphatic heterocycles. The summed E-state index contributed by atoms with van der Waals surface area (Å²) >= 11 is 3.25. The minimum absolute atomic E-state index is 0.00533. The predicted octanol–water partition coefficient (Wildman–Crippen LogP) is 3.84. The molecule has 3 rings (SSSR count). The Bertz CT molecular complexity index is 730. The lowest BCUT2D eigenvalue weighted by Gasteiger charge is -2.33. The van der Waals surface area contributed by atoms with Crippen molar-refractivity contribution in [3.05, 3.63) is 10.4 Å². The monoisotopic (exact) mass is 367 g/mol. The highest BCUT2D eigenvalue weighted by Gasteiger charge is 2.33. The fraction of sp³-hybridized carbons (Fsp3) is 0.647. The van der Waals surface area contributed by atoms with E-state index >= 15 is 0 Å². The van der Waals surface area contributed by atoms with Crippen molar-refractivity contribution in [1.82, 2.24) is 9.97 Å². The number of fused-ring (bicyclic) bond motifs is 3. The van der Waals surface area contributed by atoms with Crippen LogP contribution in [-0.4, -0.2) is 39.6 Å². The molecule has 0 aliphatic carbocycles. The van der Waals surface area contributed by atoms with Crippen LogP contribution in [0.25, 0.3) is 10.2 Å². The van der Waals surface area contributed by atoms with Gasteiger partial charge in [0.15, 0.2) is 5.16 Å². The predicted molar refractivity (Wildman–Crippen MR) is 101 cm³/mol. The molecule has 0 unspecified atom stereocenters. The normalized spacial score (nSPS) is 21.7. The minimum atomic E-state index is -0.127. The average molecular weight is 368 g/mol. The number of anilines is 1. The average Bonchev–Trinajstić information content (AvgIpc) is 2.96. The van der Waals surface area contributed by atoms with Gasteiger partial charge >= 0.3 is 0 Å². The highest BCUT2D eigenvalue weighted by Crippen LogP contribution is 2.42. The molecule has 0 fully saturated rings.